The molecule has 0 saturated carbocycles. The third kappa shape index (κ3) is 2.94. The molecule has 4 nitrogen and oxygen atoms in total. The number of thiophene rings is 1. The Morgan fingerprint density at radius 2 is 1.86 bits per heavy atom. The summed E-state index contributed by atoms with van der Waals surface area (Å²) in [4.78, 5) is 24.8. The van der Waals surface area contributed by atoms with E-state index in [0.29, 0.717) is 14.7 Å². The maximum atomic E-state index is 12.4. The molecule has 0 aliphatic rings. The summed E-state index contributed by atoms with van der Waals surface area (Å²) < 4.78 is 39.9. The molecule has 0 N–H and O–H groups in total. The summed E-state index contributed by atoms with van der Waals surface area (Å²) in [5.41, 5.74) is -0.517. The molecule has 116 valence electrons. The van der Waals surface area contributed by atoms with Crippen LogP contribution in [0.4, 0.5) is 13.2 Å². The second kappa shape index (κ2) is 5.60. The van der Waals surface area contributed by atoms with Gasteiger partial charge < -0.3 is 0 Å². The van der Waals surface area contributed by atoms with Crippen LogP contribution in [0.3, 0.4) is 0 Å². The van der Waals surface area contributed by atoms with E-state index in [1.807, 2.05) is 0 Å². The Morgan fingerprint density at radius 1 is 1.24 bits per heavy atom. The third-order valence-corrected chi connectivity index (χ3v) is 5.35. The normalized spacial score (nSPS) is 12.3. The summed E-state index contributed by atoms with van der Waals surface area (Å²) in [5.74, 6) is 0. The molecule has 0 atom stereocenters. The average molecular weight is 385 g/mol. The molecule has 0 unspecified atom stereocenters. The van der Waals surface area contributed by atoms with Gasteiger partial charge in [-0.25, -0.2) is 4.79 Å². The second-order valence-corrected chi connectivity index (χ2v) is 6.85. The van der Waals surface area contributed by atoms with Crippen LogP contribution in [0.15, 0.2) is 13.4 Å². The van der Waals surface area contributed by atoms with Crippen LogP contribution in [-0.4, -0.2) is 15.3 Å². The number of hydrogen-bond acceptors (Lipinski definition) is 3. The van der Waals surface area contributed by atoms with E-state index in [2.05, 4.69) is 15.9 Å². The zero-order valence-corrected chi connectivity index (χ0v) is 13.7. The third-order valence-electron chi connectivity index (χ3n) is 3.17. The fraction of sp³-hybridized carbons (Fsp3) is 0.500. The summed E-state index contributed by atoms with van der Waals surface area (Å²) in [5, 5.41) is 0.301. The second-order valence-electron chi connectivity index (χ2n) is 4.53. The van der Waals surface area contributed by atoms with Gasteiger partial charge in [-0.05, 0) is 35.3 Å². The predicted molar refractivity (Wildman–Crippen MR) is 79.1 cm³/mol. The van der Waals surface area contributed by atoms with E-state index in [1.165, 1.54) is 0 Å². The molecule has 0 radical (unpaired) electrons. The van der Waals surface area contributed by atoms with Gasteiger partial charge in [0.1, 0.15) is 4.83 Å². The largest absolute Gasteiger partial charge is 0.390 e. The first kappa shape index (κ1) is 16.3. The lowest BCUT2D eigenvalue weighted by Crippen LogP contribution is -2.39. The monoisotopic (exact) mass is 384 g/mol. The highest BCUT2D eigenvalue weighted by Gasteiger charge is 2.28. The number of hydrogen-bond donors (Lipinski definition) is 0. The van der Waals surface area contributed by atoms with Gasteiger partial charge in [0, 0.05) is 13.1 Å². The van der Waals surface area contributed by atoms with Crippen molar-refractivity contribution >= 4 is 37.5 Å². The number of halogens is 4. The maximum Gasteiger partial charge on any atom is 0.390 e. The van der Waals surface area contributed by atoms with Gasteiger partial charge in [-0.15, -0.1) is 11.3 Å². The highest BCUT2D eigenvalue weighted by molar-refractivity contribution is 9.11. The number of aryl methyl sites for hydroxylation is 2. The van der Waals surface area contributed by atoms with Crippen LogP contribution in [0.5, 0.6) is 0 Å². The molecule has 0 bridgehead atoms. The topological polar surface area (TPSA) is 44.0 Å². The van der Waals surface area contributed by atoms with Gasteiger partial charge in [-0.1, -0.05) is 0 Å². The highest BCUT2D eigenvalue weighted by Crippen LogP contribution is 2.32. The van der Waals surface area contributed by atoms with Gasteiger partial charge in [0.25, 0.3) is 5.56 Å². The fourth-order valence-electron chi connectivity index (χ4n) is 2.08. The molecule has 0 aliphatic heterocycles. The molecule has 2 heterocycles. The Hall–Kier alpha value is -1.09. The van der Waals surface area contributed by atoms with Crippen molar-refractivity contribution in [3.8, 4) is 0 Å². The first-order chi connectivity index (χ1) is 9.67. The zero-order chi connectivity index (χ0) is 15.9. The Kier molecular flexibility index (Phi) is 4.34. The lowest BCUT2D eigenvalue weighted by molar-refractivity contribution is -0.136. The minimum atomic E-state index is -4.36. The van der Waals surface area contributed by atoms with Crippen LogP contribution in [0.2, 0.25) is 0 Å². The van der Waals surface area contributed by atoms with Crippen molar-refractivity contribution in [1.82, 2.24) is 9.13 Å². The molecule has 0 amide bonds. The van der Waals surface area contributed by atoms with E-state index in [0.717, 1.165) is 20.5 Å². The van der Waals surface area contributed by atoms with Crippen molar-refractivity contribution in [2.24, 2.45) is 0 Å². The molecular weight excluding hydrogens is 373 g/mol. The number of nitrogens with zero attached hydrogens (tertiary/aromatic N) is 2. The minimum absolute atomic E-state index is 0.118. The van der Waals surface area contributed by atoms with Crippen molar-refractivity contribution in [3.05, 3.63) is 30.2 Å². The first-order valence-electron chi connectivity index (χ1n) is 6.16. The molecule has 2 rings (SSSR count). The van der Waals surface area contributed by atoms with Crippen molar-refractivity contribution in [3.63, 3.8) is 0 Å². The standard InChI is InChI=1S/C12H12BrF3N2O2S/c1-3-17-9(19)7-6(2)8(13)21-10(7)18(11(17)20)5-4-12(14,15)16/h3-5H2,1-2H3. The molecule has 0 aromatic carbocycles. The molecule has 0 fully saturated rings. The van der Waals surface area contributed by atoms with E-state index >= 15 is 0 Å². The van der Waals surface area contributed by atoms with Crippen LogP contribution in [0.25, 0.3) is 10.2 Å². The SMILES string of the molecule is CCn1c(=O)c2c(C)c(Br)sc2n(CCC(F)(F)F)c1=O. The average Bonchev–Trinajstić information content (AvgIpc) is 2.65. The van der Waals surface area contributed by atoms with Gasteiger partial charge in [0.15, 0.2) is 0 Å². The molecule has 2 aromatic heterocycles. The number of rotatable bonds is 3. The maximum absolute atomic E-state index is 12.4. The van der Waals surface area contributed by atoms with Crippen molar-refractivity contribution in [2.75, 3.05) is 0 Å². The van der Waals surface area contributed by atoms with Gasteiger partial charge in [-0.3, -0.25) is 13.9 Å². The van der Waals surface area contributed by atoms with Crippen LogP contribution >= 0.6 is 27.3 Å². The highest BCUT2D eigenvalue weighted by atomic mass is 79.9. The minimum Gasteiger partial charge on any atom is -0.284 e. The Bertz CT molecular complexity index is 804. The smallest absolute Gasteiger partial charge is 0.284 e. The molecule has 0 saturated heterocycles. The molecule has 0 spiro atoms. The van der Waals surface area contributed by atoms with Gasteiger partial charge in [0.2, 0.25) is 0 Å². The van der Waals surface area contributed by atoms with E-state index in [4.69, 9.17) is 0 Å². The summed E-state index contributed by atoms with van der Waals surface area (Å²) in [6.07, 6.45) is -5.47. The predicted octanol–water partition coefficient (Wildman–Crippen LogP) is 3.27. The number of aromatic nitrogens is 2. The van der Waals surface area contributed by atoms with Crippen LogP contribution < -0.4 is 11.2 Å². The van der Waals surface area contributed by atoms with Gasteiger partial charge >= 0.3 is 11.9 Å². The first-order valence-corrected chi connectivity index (χ1v) is 7.77. The lowest BCUT2D eigenvalue weighted by Gasteiger charge is -2.12. The summed E-state index contributed by atoms with van der Waals surface area (Å²) in [7, 11) is 0. The summed E-state index contributed by atoms with van der Waals surface area (Å²) in [6.45, 7) is 2.93. The van der Waals surface area contributed by atoms with E-state index in [1.54, 1.807) is 13.8 Å². The van der Waals surface area contributed by atoms with E-state index < -0.39 is 30.4 Å². The Labute approximate surface area is 129 Å². The molecule has 2 aromatic rings. The van der Waals surface area contributed by atoms with Crippen molar-refractivity contribution < 1.29 is 13.2 Å². The van der Waals surface area contributed by atoms with E-state index in [-0.39, 0.29) is 11.4 Å². The zero-order valence-electron chi connectivity index (χ0n) is 11.3. The van der Waals surface area contributed by atoms with Crippen molar-refractivity contribution in [1.29, 1.82) is 0 Å². The number of fused-ring (bicyclic) bond motifs is 1. The van der Waals surface area contributed by atoms with Crippen LogP contribution in [0, 0.1) is 6.92 Å². The Morgan fingerprint density at radius 3 is 2.38 bits per heavy atom. The fourth-order valence-corrected chi connectivity index (χ4v) is 3.79. The lowest BCUT2D eigenvalue weighted by atomic mass is 10.2. The van der Waals surface area contributed by atoms with Crippen LogP contribution in [-0.2, 0) is 13.1 Å². The Balaban J connectivity index is 2.77. The quantitative estimate of drug-likeness (QED) is 0.814. The van der Waals surface area contributed by atoms with Crippen molar-refractivity contribution in [2.45, 2.75) is 39.5 Å². The summed E-state index contributed by atoms with van der Waals surface area (Å²) >= 11 is 4.37. The molecule has 21 heavy (non-hydrogen) atoms. The molecular formula is C12H12BrF3N2O2S. The van der Waals surface area contributed by atoms with Gasteiger partial charge in [-0.2, -0.15) is 13.2 Å². The number of alkyl halides is 3. The molecule has 0 aliphatic carbocycles. The molecule has 9 heteroatoms. The van der Waals surface area contributed by atoms with Gasteiger partial charge in [0.05, 0.1) is 15.6 Å². The van der Waals surface area contributed by atoms with E-state index in [9.17, 15) is 22.8 Å². The van der Waals surface area contributed by atoms with Crippen LogP contribution in [0.1, 0.15) is 18.9 Å². The summed E-state index contributed by atoms with van der Waals surface area (Å²) in [6, 6.07) is 0.